The molecule has 1 N–H and O–H groups in total. The molecule has 3 aromatic rings. The van der Waals surface area contributed by atoms with Gasteiger partial charge in [0.2, 0.25) is 0 Å². The number of allylic oxidation sites excluding steroid dienone is 1. The molecule has 0 aromatic heterocycles. The molecule has 7 nitrogen and oxygen atoms in total. The summed E-state index contributed by atoms with van der Waals surface area (Å²) in [5.74, 6) is 1.19. The smallest absolute Gasteiger partial charge is 0.256 e. The van der Waals surface area contributed by atoms with Gasteiger partial charge in [-0.25, -0.2) is 0 Å². The number of nitrogens with zero attached hydrogens (tertiary/aromatic N) is 2. The molecule has 2 aliphatic heterocycles. The van der Waals surface area contributed by atoms with Crippen LogP contribution in [-0.4, -0.2) is 63.0 Å². The largest absolute Gasteiger partial charge is 0.495 e. The van der Waals surface area contributed by atoms with Crippen LogP contribution in [0.3, 0.4) is 0 Å². The van der Waals surface area contributed by atoms with E-state index in [-0.39, 0.29) is 11.7 Å². The molecule has 7 heteroatoms. The quantitative estimate of drug-likeness (QED) is 0.267. The van der Waals surface area contributed by atoms with E-state index in [2.05, 4.69) is 21.2 Å². The van der Waals surface area contributed by atoms with Crippen LogP contribution in [0.25, 0.3) is 5.57 Å². The highest BCUT2D eigenvalue weighted by atomic mass is 16.5. The van der Waals surface area contributed by atoms with Gasteiger partial charge >= 0.3 is 0 Å². The summed E-state index contributed by atoms with van der Waals surface area (Å²) in [5.41, 5.74) is 3.55. The van der Waals surface area contributed by atoms with Crippen LogP contribution in [0, 0.1) is 0 Å². The van der Waals surface area contributed by atoms with Crippen LogP contribution in [-0.2, 0) is 4.79 Å². The van der Waals surface area contributed by atoms with Crippen molar-refractivity contribution >= 4 is 28.6 Å². The fourth-order valence-corrected chi connectivity index (χ4v) is 4.79. The molecule has 3 aromatic carbocycles. The van der Waals surface area contributed by atoms with Gasteiger partial charge in [-0.1, -0.05) is 30.3 Å². The van der Waals surface area contributed by atoms with Crippen molar-refractivity contribution in [1.82, 2.24) is 4.90 Å². The van der Waals surface area contributed by atoms with Gasteiger partial charge in [-0.05, 0) is 55.0 Å². The van der Waals surface area contributed by atoms with Crippen LogP contribution in [0.5, 0.6) is 11.5 Å². The van der Waals surface area contributed by atoms with Crippen molar-refractivity contribution in [3.05, 3.63) is 90.0 Å². The van der Waals surface area contributed by atoms with Crippen molar-refractivity contribution in [2.75, 3.05) is 56.7 Å². The lowest BCUT2D eigenvalue weighted by atomic mass is 10.0. The number of ether oxygens (including phenoxy) is 2. The van der Waals surface area contributed by atoms with Gasteiger partial charge in [0.25, 0.3) is 5.91 Å². The SMILES string of the molecule is COc1ccccc1N1CCN(CCCOc2ccc(C(=O)/C=C3/C(=O)Nc4ccccc43)cc2)CC1. The molecule has 0 bridgehead atoms. The number of carbonyl (C=O) groups is 2. The predicted octanol–water partition coefficient (Wildman–Crippen LogP) is 4.50. The zero-order chi connectivity index (χ0) is 25.6. The van der Waals surface area contributed by atoms with E-state index in [9.17, 15) is 9.59 Å². The summed E-state index contributed by atoms with van der Waals surface area (Å²) in [6.07, 6.45) is 2.33. The molecule has 0 spiro atoms. The Hall–Kier alpha value is -4.10. The number of amides is 1. The molecule has 1 amide bonds. The molecule has 5 rings (SSSR count). The van der Waals surface area contributed by atoms with Crippen LogP contribution in [0.2, 0.25) is 0 Å². The lowest BCUT2D eigenvalue weighted by Gasteiger charge is -2.36. The van der Waals surface area contributed by atoms with E-state index in [1.54, 1.807) is 31.4 Å². The van der Waals surface area contributed by atoms with E-state index in [1.807, 2.05) is 42.5 Å². The Morgan fingerprint density at radius 3 is 2.46 bits per heavy atom. The van der Waals surface area contributed by atoms with E-state index in [1.165, 1.54) is 6.08 Å². The van der Waals surface area contributed by atoms with E-state index in [0.29, 0.717) is 17.7 Å². The Morgan fingerprint density at radius 2 is 1.68 bits per heavy atom. The molecule has 0 atom stereocenters. The number of hydrogen-bond donors (Lipinski definition) is 1. The van der Waals surface area contributed by atoms with Crippen molar-refractivity contribution in [2.24, 2.45) is 0 Å². The predicted molar refractivity (Wildman–Crippen MR) is 146 cm³/mol. The second kappa shape index (κ2) is 11.3. The van der Waals surface area contributed by atoms with Gasteiger partial charge in [-0.15, -0.1) is 0 Å². The van der Waals surface area contributed by atoms with Gasteiger partial charge in [0.05, 0.1) is 25.0 Å². The Morgan fingerprint density at radius 1 is 0.946 bits per heavy atom. The number of hydrogen-bond acceptors (Lipinski definition) is 6. The van der Waals surface area contributed by atoms with Crippen LogP contribution in [0.1, 0.15) is 22.3 Å². The van der Waals surface area contributed by atoms with Gasteiger partial charge in [0.1, 0.15) is 11.5 Å². The minimum Gasteiger partial charge on any atom is -0.495 e. The Balaban J connectivity index is 1.07. The lowest BCUT2D eigenvalue weighted by molar-refractivity contribution is -0.110. The first-order valence-electron chi connectivity index (χ1n) is 12.6. The summed E-state index contributed by atoms with van der Waals surface area (Å²) in [6.45, 7) is 5.55. The fourth-order valence-electron chi connectivity index (χ4n) is 4.79. The summed E-state index contributed by atoms with van der Waals surface area (Å²) in [4.78, 5) is 29.8. The number of piperazine rings is 1. The summed E-state index contributed by atoms with van der Waals surface area (Å²) in [7, 11) is 1.72. The fraction of sp³-hybridized carbons (Fsp3) is 0.267. The molecule has 2 heterocycles. The highest BCUT2D eigenvalue weighted by Gasteiger charge is 2.24. The number of fused-ring (bicyclic) bond motifs is 1. The van der Waals surface area contributed by atoms with Crippen LogP contribution in [0.15, 0.2) is 78.9 Å². The monoisotopic (exact) mass is 497 g/mol. The molecule has 0 saturated carbocycles. The minimum atomic E-state index is -0.254. The van der Waals surface area contributed by atoms with Gasteiger partial charge in [-0.2, -0.15) is 0 Å². The first kappa shape index (κ1) is 24.6. The third kappa shape index (κ3) is 5.67. The van der Waals surface area contributed by atoms with Crippen LogP contribution in [0.4, 0.5) is 11.4 Å². The van der Waals surface area contributed by atoms with Crippen molar-refractivity contribution in [3.63, 3.8) is 0 Å². The second-order valence-corrected chi connectivity index (χ2v) is 9.15. The number of rotatable bonds is 9. The van der Waals surface area contributed by atoms with Crippen LogP contribution < -0.4 is 19.7 Å². The van der Waals surface area contributed by atoms with E-state index >= 15 is 0 Å². The topological polar surface area (TPSA) is 71.1 Å². The van der Waals surface area contributed by atoms with Crippen molar-refractivity contribution < 1.29 is 19.1 Å². The summed E-state index contributed by atoms with van der Waals surface area (Å²) < 4.78 is 11.4. The molecule has 0 unspecified atom stereocenters. The molecule has 0 aliphatic carbocycles. The normalized spacial score (nSPS) is 16.4. The molecule has 1 fully saturated rings. The van der Waals surface area contributed by atoms with Crippen molar-refractivity contribution in [2.45, 2.75) is 6.42 Å². The highest BCUT2D eigenvalue weighted by molar-refractivity contribution is 6.35. The third-order valence-corrected chi connectivity index (χ3v) is 6.81. The molecule has 37 heavy (non-hydrogen) atoms. The second-order valence-electron chi connectivity index (χ2n) is 9.15. The van der Waals surface area contributed by atoms with Crippen LogP contribution >= 0.6 is 0 Å². The lowest BCUT2D eigenvalue weighted by Crippen LogP contribution is -2.46. The summed E-state index contributed by atoms with van der Waals surface area (Å²) >= 11 is 0. The third-order valence-electron chi connectivity index (χ3n) is 6.81. The number of benzene rings is 3. The maximum Gasteiger partial charge on any atom is 0.256 e. The van der Waals surface area contributed by atoms with Crippen molar-refractivity contribution in [1.29, 1.82) is 0 Å². The number of carbonyl (C=O) groups excluding carboxylic acids is 2. The zero-order valence-electron chi connectivity index (χ0n) is 21.0. The number of nitrogens with one attached hydrogen (secondary N) is 1. The maximum absolute atomic E-state index is 12.7. The van der Waals surface area contributed by atoms with E-state index < -0.39 is 0 Å². The first-order chi connectivity index (χ1) is 18.1. The van der Waals surface area contributed by atoms with Gasteiger partial charge in [0.15, 0.2) is 5.78 Å². The summed E-state index contributed by atoms with van der Waals surface area (Å²) in [6, 6.07) is 22.6. The summed E-state index contributed by atoms with van der Waals surface area (Å²) in [5, 5.41) is 2.79. The average Bonchev–Trinajstić information content (AvgIpc) is 3.26. The van der Waals surface area contributed by atoms with Gasteiger partial charge in [0, 0.05) is 49.5 Å². The maximum atomic E-state index is 12.7. The highest BCUT2D eigenvalue weighted by Crippen LogP contribution is 2.31. The standard InChI is InChI=1S/C30H31N3O4/c1-36-29-10-5-4-9-27(29)33-18-16-32(17-19-33)15-6-20-37-23-13-11-22(12-14-23)28(34)21-25-24-7-2-3-8-26(24)31-30(25)35/h2-5,7-14,21H,6,15-20H2,1H3,(H,31,35)/b25-21+. The number of methoxy groups -OCH3 is 1. The number of anilines is 2. The Kier molecular flexibility index (Phi) is 7.51. The van der Waals surface area contributed by atoms with Crippen molar-refractivity contribution in [3.8, 4) is 11.5 Å². The van der Waals surface area contributed by atoms with E-state index in [0.717, 1.165) is 67.6 Å². The molecular formula is C30H31N3O4. The van der Waals surface area contributed by atoms with Gasteiger partial charge < -0.3 is 19.7 Å². The molecule has 2 aliphatic rings. The van der Waals surface area contributed by atoms with Gasteiger partial charge in [-0.3, -0.25) is 14.5 Å². The average molecular weight is 498 g/mol. The molecule has 190 valence electrons. The number of para-hydroxylation sites is 3. The molecule has 1 saturated heterocycles. The van der Waals surface area contributed by atoms with E-state index in [4.69, 9.17) is 9.47 Å². The molecular weight excluding hydrogens is 466 g/mol. The molecule has 0 radical (unpaired) electrons. The zero-order valence-corrected chi connectivity index (χ0v) is 21.0. The Labute approximate surface area is 217 Å². The first-order valence-corrected chi connectivity index (χ1v) is 12.6. The minimum absolute atomic E-state index is 0.208. The number of ketones is 1. The Bertz CT molecular complexity index is 1290.